The number of methoxy groups -OCH3 is 3. The van der Waals surface area contributed by atoms with E-state index in [4.69, 9.17) is 14.2 Å². The van der Waals surface area contributed by atoms with E-state index in [9.17, 15) is 4.55 Å². The summed E-state index contributed by atoms with van der Waals surface area (Å²) in [5.41, 5.74) is 0.823. The summed E-state index contributed by atoms with van der Waals surface area (Å²) in [7, 11) is 4.68. The number of hydrogen-bond donors (Lipinski definition) is 0. The van der Waals surface area contributed by atoms with Crippen molar-refractivity contribution in [3.05, 3.63) is 47.2 Å². The van der Waals surface area contributed by atoms with Gasteiger partial charge in [-0.25, -0.2) is 0 Å². The maximum absolute atomic E-state index is 12.3. The lowest BCUT2D eigenvalue weighted by Gasteiger charge is -2.14. The molecule has 0 spiro atoms. The summed E-state index contributed by atoms with van der Waals surface area (Å²) in [4.78, 5) is 0. The Bertz CT molecular complexity index is 545. The Balaban J connectivity index is 3.28. The van der Waals surface area contributed by atoms with Crippen molar-refractivity contribution in [2.24, 2.45) is 0 Å². The van der Waals surface area contributed by atoms with Gasteiger partial charge >= 0.3 is 0 Å². The highest BCUT2D eigenvalue weighted by Gasteiger charge is 2.17. The fourth-order valence-electron chi connectivity index (χ4n) is 1.82. The molecule has 0 saturated carbocycles. The predicted molar refractivity (Wildman–Crippen MR) is 99.9 cm³/mol. The molecule has 23 heavy (non-hydrogen) atoms. The van der Waals surface area contributed by atoms with E-state index in [1.165, 1.54) is 11.8 Å². The smallest absolute Gasteiger partial charge is 0.203 e. The zero-order valence-electron chi connectivity index (χ0n) is 13.7. The van der Waals surface area contributed by atoms with Gasteiger partial charge in [0.25, 0.3) is 0 Å². The van der Waals surface area contributed by atoms with Crippen LogP contribution in [0.5, 0.6) is 17.2 Å². The van der Waals surface area contributed by atoms with Gasteiger partial charge in [-0.2, -0.15) is 0 Å². The van der Waals surface area contributed by atoms with Gasteiger partial charge in [-0.15, -0.1) is 6.58 Å². The first-order valence-corrected chi connectivity index (χ1v) is 9.16. The molecule has 0 bridgehead atoms. The van der Waals surface area contributed by atoms with Gasteiger partial charge in [0.05, 0.1) is 21.3 Å². The van der Waals surface area contributed by atoms with Gasteiger partial charge in [0.15, 0.2) is 15.7 Å². The Hall–Kier alpha value is -1.50. The van der Waals surface area contributed by atoms with Crippen LogP contribution >= 0.6 is 11.8 Å². The Morgan fingerprint density at radius 1 is 1.13 bits per heavy atom. The van der Waals surface area contributed by atoms with Crippen molar-refractivity contribution in [2.75, 3.05) is 32.8 Å². The lowest BCUT2D eigenvalue weighted by Crippen LogP contribution is -2.05. The average molecular weight is 354 g/mol. The van der Waals surface area contributed by atoms with Crippen LogP contribution in [0, 0.1) is 0 Å². The molecule has 1 aromatic carbocycles. The average Bonchev–Trinajstić information content (AvgIpc) is 2.57. The first-order chi connectivity index (χ1) is 11.1. The summed E-state index contributed by atoms with van der Waals surface area (Å²) in [6, 6.07) is 3.64. The fourth-order valence-corrected chi connectivity index (χ4v) is 3.91. The molecule has 1 aromatic rings. The Kier molecular flexibility index (Phi) is 8.76. The zero-order chi connectivity index (χ0) is 17.2. The van der Waals surface area contributed by atoms with E-state index in [0.717, 1.165) is 9.80 Å². The Labute approximate surface area is 145 Å². The van der Waals surface area contributed by atoms with Gasteiger partial charge in [-0.05, 0) is 34.9 Å². The van der Waals surface area contributed by atoms with Crippen molar-refractivity contribution in [1.29, 1.82) is 0 Å². The number of rotatable bonds is 10. The van der Waals surface area contributed by atoms with Crippen LogP contribution in [0.25, 0.3) is 6.08 Å². The Morgan fingerprint density at radius 3 is 2.17 bits per heavy atom. The second-order valence-electron chi connectivity index (χ2n) is 4.32. The minimum absolute atomic E-state index is 0.403. The topological polar surface area (TPSA) is 50.8 Å². The highest BCUT2D eigenvalue weighted by molar-refractivity contribution is 8.19. The molecular formula is C17H22O4S2. The largest absolute Gasteiger partial charge is 0.611 e. The number of ether oxygens (including phenoxy) is 3. The predicted octanol–water partition coefficient (Wildman–Crippen LogP) is 3.86. The van der Waals surface area contributed by atoms with E-state index in [-0.39, 0.29) is 0 Å². The van der Waals surface area contributed by atoms with E-state index in [0.29, 0.717) is 28.8 Å². The van der Waals surface area contributed by atoms with Crippen LogP contribution in [0.4, 0.5) is 0 Å². The molecule has 1 rings (SSSR count). The minimum atomic E-state index is -1.14. The molecule has 0 aliphatic rings. The van der Waals surface area contributed by atoms with Crippen LogP contribution in [0.1, 0.15) is 5.56 Å². The van der Waals surface area contributed by atoms with E-state index >= 15 is 0 Å². The molecule has 4 nitrogen and oxygen atoms in total. The standard InChI is InChI=1S/C17H22O4S2/c1-6-8-22-16(23(18)9-7-2)12-13-10-14(19-3)17(21-5)15(11-13)20-4/h6-7,10-12H,1-2,8-9H2,3-5H3/b16-12+. The highest BCUT2D eigenvalue weighted by Crippen LogP contribution is 2.39. The SMILES string of the molecule is C=CCS/C(=C\c1cc(OC)c(OC)c(OC)c1)[S+]([O-])CC=C. The molecule has 1 atom stereocenters. The van der Waals surface area contributed by atoms with E-state index in [1.54, 1.807) is 33.5 Å². The van der Waals surface area contributed by atoms with Crippen LogP contribution in [-0.4, -0.2) is 37.4 Å². The molecule has 1 unspecified atom stereocenters. The van der Waals surface area contributed by atoms with Crippen molar-refractivity contribution in [1.82, 2.24) is 0 Å². The molecular weight excluding hydrogens is 332 g/mol. The van der Waals surface area contributed by atoms with Crippen molar-refractivity contribution >= 4 is 29.0 Å². The lowest BCUT2D eigenvalue weighted by molar-refractivity contribution is 0.324. The fraction of sp³-hybridized carbons (Fsp3) is 0.294. The number of thioether (sulfide) groups is 1. The van der Waals surface area contributed by atoms with Gasteiger partial charge in [0.2, 0.25) is 5.75 Å². The minimum Gasteiger partial charge on any atom is -0.611 e. The summed E-state index contributed by atoms with van der Waals surface area (Å²) in [5, 5.41) is 0. The van der Waals surface area contributed by atoms with E-state index in [1.807, 2.05) is 18.2 Å². The summed E-state index contributed by atoms with van der Waals surface area (Å²) in [5.74, 6) is 2.72. The molecule has 0 aliphatic carbocycles. The van der Waals surface area contributed by atoms with Crippen LogP contribution in [-0.2, 0) is 11.2 Å². The third kappa shape index (κ3) is 5.57. The van der Waals surface area contributed by atoms with Crippen molar-refractivity contribution < 1.29 is 18.8 Å². The van der Waals surface area contributed by atoms with Gasteiger partial charge in [0, 0.05) is 11.8 Å². The number of benzene rings is 1. The van der Waals surface area contributed by atoms with E-state index < -0.39 is 11.2 Å². The maximum Gasteiger partial charge on any atom is 0.203 e. The molecule has 126 valence electrons. The lowest BCUT2D eigenvalue weighted by atomic mass is 10.2. The second-order valence-corrected chi connectivity index (χ2v) is 7.11. The van der Waals surface area contributed by atoms with Gasteiger partial charge in [-0.3, -0.25) is 0 Å². The molecule has 0 amide bonds. The highest BCUT2D eigenvalue weighted by atomic mass is 32.3. The first-order valence-electron chi connectivity index (χ1n) is 6.85. The molecule has 0 heterocycles. The molecule has 0 fully saturated rings. The maximum atomic E-state index is 12.3. The van der Waals surface area contributed by atoms with Gasteiger partial charge in [0.1, 0.15) is 5.75 Å². The summed E-state index contributed by atoms with van der Waals surface area (Å²) < 4.78 is 29.1. The zero-order valence-corrected chi connectivity index (χ0v) is 15.3. The molecule has 0 aromatic heterocycles. The van der Waals surface area contributed by atoms with Crippen LogP contribution in [0.2, 0.25) is 0 Å². The Morgan fingerprint density at radius 2 is 1.74 bits per heavy atom. The van der Waals surface area contributed by atoms with Crippen molar-refractivity contribution in [3.63, 3.8) is 0 Å². The van der Waals surface area contributed by atoms with Gasteiger partial charge < -0.3 is 18.8 Å². The van der Waals surface area contributed by atoms with Crippen molar-refractivity contribution in [3.8, 4) is 17.2 Å². The summed E-state index contributed by atoms with van der Waals surface area (Å²) in [6.07, 6.45) is 5.28. The van der Waals surface area contributed by atoms with Crippen molar-refractivity contribution in [2.45, 2.75) is 0 Å². The molecule has 6 heteroatoms. The quantitative estimate of drug-likeness (QED) is 0.472. The van der Waals surface area contributed by atoms with E-state index in [2.05, 4.69) is 13.2 Å². The molecule has 0 aliphatic heterocycles. The third-order valence-electron chi connectivity index (χ3n) is 2.81. The molecule has 0 N–H and O–H groups in total. The first kappa shape index (κ1) is 19.5. The normalized spacial score (nSPS) is 12.4. The monoisotopic (exact) mass is 354 g/mol. The van der Waals surface area contributed by atoms with Crippen LogP contribution in [0.15, 0.2) is 41.7 Å². The molecule has 0 radical (unpaired) electrons. The number of hydrogen-bond acceptors (Lipinski definition) is 5. The van der Waals surface area contributed by atoms with Crippen LogP contribution < -0.4 is 14.2 Å². The van der Waals surface area contributed by atoms with Crippen LogP contribution in [0.3, 0.4) is 0 Å². The summed E-state index contributed by atoms with van der Waals surface area (Å²) in [6.45, 7) is 7.34. The second kappa shape index (κ2) is 10.3. The summed E-state index contributed by atoms with van der Waals surface area (Å²) >= 11 is 0.345. The van der Waals surface area contributed by atoms with Gasteiger partial charge in [-0.1, -0.05) is 24.4 Å². The third-order valence-corrected chi connectivity index (χ3v) is 5.63. The molecule has 0 saturated heterocycles.